The van der Waals surface area contributed by atoms with E-state index in [-0.39, 0.29) is 0 Å². The summed E-state index contributed by atoms with van der Waals surface area (Å²) in [6.45, 7) is 0.370. The van der Waals surface area contributed by atoms with Gasteiger partial charge in [-0.1, -0.05) is 0 Å². The third-order valence-electron chi connectivity index (χ3n) is 1.99. The first-order valence-corrected chi connectivity index (χ1v) is 3.46. The van der Waals surface area contributed by atoms with E-state index in [1.54, 1.807) is 0 Å². The molecule has 64 valence electrons. The number of hydrogen-bond acceptors (Lipinski definition) is 4. The molecule has 2 aliphatic heterocycles. The van der Waals surface area contributed by atoms with E-state index >= 15 is 0 Å². The predicted octanol–water partition coefficient (Wildman–Crippen LogP) is -1.49. The van der Waals surface area contributed by atoms with E-state index in [9.17, 15) is 14.4 Å². The molecule has 0 bridgehead atoms. The van der Waals surface area contributed by atoms with E-state index < -0.39 is 23.4 Å². The van der Waals surface area contributed by atoms with Crippen LogP contribution in [0.3, 0.4) is 0 Å². The van der Waals surface area contributed by atoms with Crippen molar-refractivity contribution in [2.45, 2.75) is 12.0 Å². The van der Waals surface area contributed by atoms with Crippen LogP contribution >= 0.6 is 0 Å². The third-order valence-corrected chi connectivity index (χ3v) is 1.99. The summed E-state index contributed by atoms with van der Waals surface area (Å²) < 4.78 is 4.86. The number of nitrogens with one attached hydrogen (secondary N) is 2. The number of ether oxygens (including phenoxy) is 1. The lowest BCUT2D eigenvalue weighted by Crippen LogP contribution is -2.71. The quantitative estimate of drug-likeness (QED) is 0.434. The van der Waals surface area contributed by atoms with Gasteiger partial charge in [0.15, 0.2) is 0 Å². The molecule has 0 atom stereocenters. The Morgan fingerprint density at radius 1 is 1.17 bits per heavy atom. The average molecular weight is 170 g/mol. The van der Waals surface area contributed by atoms with Crippen LogP contribution in [0.2, 0.25) is 0 Å². The number of imide groups is 2. The Morgan fingerprint density at radius 3 is 2.00 bits per heavy atom. The third kappa shape index (κ3) is 0.696. The molecule has 2 saturated heterocycles. The molecule has 2 rings (SSSR count). The first kappa shape index (κ1) is 7.23. The molecule has 2 heterocycles. The zero-order valence-electron chi connectivity index (χ0n) is 6.05. The van der Waals surface area contributed by atoms with Crippen molar-refractivity contribution in [3.8, 4) is 0 Å². The number of carbonyl (C=O) groups excluding carboxylic acids is 3. The van der Waals surface area contributed by atoms with Gasteiger partial charge in [-0.15, -0.1) is 0 Å². The average Bonchev–Trinajstić information content (AvgIpc) is 1.80. The highest BCUT2D eigenvalue weighted by atomic mass is 16.5. The molecule has 0 saturated carbocycles. The van der Waals surface area contributed by atoms with Crippen molar-refractivity contribution >= 4 is 17.8 Å². The summed E-state index contributed by atoms with van der Waals surface area (Å²) in [7, 11) is 0. The van der Waals surface area contributed by atoms with Gasteiger partial charge in [0.25, 0.3) is 11.8 Å². The van der Waals surface area contributed by atoms with Gasteiger partial charge in [0, 0.05) is 6.42 Å². The van der Waals surface area contributed by atoms with Crippen molar-refractivity contribution in [1.29, 1.82) is 0 Å². The summed E-state index contributed by atoms with van der Waals surface area (Å²) >= 11 is 0. The molecule has 4 amide bonds. The normalized spacial score (nSPS) is 26.2. The molecule has 0 aromatic heterocycles. The van der Waals surface area contributed by atoms with Crippen LogP contribution in [0.5, 0.6) is 0 Å². The van der Waals surface area contributed by atoms with E-state index in [0.717, 1.165) is 0 Å². The Morgan fingerprint density at radius 2 is 1.67 bits per heavy atom. The van der Waals surface area contributed by atoms with E-state index in [0.29, 0.717) is 13.0 Å². The van der Waals surface area contributed by atoms with Crippen molar-refractivity contribution < 1.29 is 19.1 Å². The van der Waals surface area contributed by atoms with Crippen molar-refractivity contribution in [1.82, 2.24) is 10.6 Å². The largest absolute Gasteiger partial charge is 0.356 e. The highest BCUT2D eigenvalue weighted by molar-refractivity contribution is 6.22. The van der Waals surface area contributed by atoms with E-state index in [4.69, 9.17) is 4.74 Å². The summed E-state index contributed by atoms with van der Waals surface area (Å²) in [5.41, 5.74) is -1.42. The Bertz CT molecular complexity index is 259. The number of hydrogen-bond donors (Lipinski definition) is 2. The van der Waals surface area contributed by atoms with Gasteiger partial charge in [0.1, 0.15) is 0 Å². The molecule has 2 N–H and O–H groups in total. The summed E-state index contributed by atoms with van der Waals surface area (Å²) in [5.74, 6) is -1.33. The molecule has 2 fully saturated rings. The SMILES string of the molecule is O=C1NC(=O)C2(CCO2)C(=O)N1. The number of rotatable bonds is 0. The molecule has 0 aliphatic carbocycles. The molecular weight excluding hydrogens is 164 g/mol. The second kappa shape index (κ2) is 2.04. The fourth-order valence-corrected chi connectivity index (χ4v) is 1.21. The van der Waals surface area contributed by atoms with Gasteiger partial charge in [-0.25, -0.2) is 4.79 Å². The topological polar surface area (TPSA) is 84.5 Å². The summed E-state index contributed by atoms with van der Waals surface area (Å²) in [5, 5.41) is 3.94. The number of barbiturate groups is 1. The van der Waals surface area contributed by atoms with Crippen LogP contribution < -0.4 is 10.6 Å². The first-order valence-electron chi connectivity index (χ1n) is 3.46. The lowest BCUT2D eigenvalue weighted by Gasteiger charge is -2.40. The maximum absolute atomic E-state index is 11.1. The minimum Gasteiger partial charge on any atom is -0.356 e. The minimum atomic E-state index is -1.42. The molecule has 0 unspecified atom stereocenters. The van der Waals surface area contributed by atoms with Gasteiger partial charge in [-0.05, 0) is 0 Å². The van der Waals surface area contributed by atoms with Crippen LogP contribution in [0.4, 0.5) is 4.79 Å². The molecule has 2 aliphatic rings. The van der Waals surface area contributed by atoms with Crippen molar-refractivity contribution in [2.24, 2.45) is 0 Å². The monoisotopic (exact) mass is 170 g/mol. The number of amides is 4. The smallest absolute Gasteiger partial charge is 0.328 e. The molecule has 0 radical (unpaired) electrons. The second-order valence-electron chi connectivity index (χ2n) is 2.66. The standard InChI is InChI=1S/C6H6N2O4/c9-3-6(1-2-12-6)4(10)8-5(11)7-3/h1-2H2,(H2,7,8,9,10,11). The van der Waals surface area contributed by atoms with Crippen LogP contribution in [0.25, 0.3) is 0 Å². The second-order valence-corrected chi connectivity index (χ2v) is 2.66. The predicted molar refractivity (Wildman–Crippen MR) is 35.0 cm³/mol. The van der Waals surface area contributed by atoms with Crippen molar-refractivity contribution in [3.05, 3.63) is 0 Å². The molecule has 12 heavy (non-hydrogen) atoms. The summed E-state index contributed by atoms with van der Waals surface area (Å²) in [6.07, 6.45) is 0.331. The molecule has 0 aromatic carbocycles. The zero-order chi connectivity index (χ0) is 8.77. The van der Waals surface area contributed by atoms with Crippen LogP contribution in [0, 0.1) is 0 Å². The van der Waals surface area contributed by atoms with Gasteiger partial charge < -0.3 is 4.74 Å². The van der Waals surface area contributed by atoms with Crippen LogP contribution in [0.15, 0.2) is 0 Å². The van der Waals surface area contributed by atoms with E-state index in [1.807, 2.05) is 10.6 Å². The minimum absolute atomic E-state index is 0.331. The van der Waals surface area contributed by atoms with Gasteiger partial charge >= 0.3 is 6.03 Å². The molecule has 0 aromatic rings. The Labute approximate surface area is 67.3 Å². The lowest BCUT2D eigenvalue weighted by molar-refractivity contribution is -0.186. The van der Waals surface area contributed by atoms with Crippen molar-refractivity contribution in [3.63, 3.8) is 0 Å². The zero-order valence-corrected chi connectivity index (χ0v) is 6.05. The molecule has 1 spiro atoms. The maximum atomic E-state index is 11.1. The van der Waals surface area contributed by atoms with Crippen LogP contribution in [0.1, 0.15) is 6.42 Å². The fourth-order valence-electron chi connectivity index (χ4n) is 1.21. The van der Waals surface area contributed by atoms with Gasteiger partial charge in [0.05, 0.1) is 6.61 Å². The maximum Gasteiger partial charge on any atom is 0.328 e. The Balaban J connectivity index is 2.28. The molecule has 6 nitrogen and oxygen atoms in total. The molecular formula is C6H6N2O4. The molecule has 6 heteroatoms. The highest BCUT2D eigenvalue weighted by Gasteiger charge is 2.56. The van der Waals surface area contributed by atoms with Crippen LogP contribution in [-0.2, 0) is 14.3 Å². The van der Waals surface area contributed by atoms with Crippen molar-refractivity contribution in [2.75, 3.05) is 6.61 Å². The van der Waals surface area contributed by atoms with Gasteiger partial charge in [0.2, 0.25) is 5.60 Å². The first-order chi connectivity index (χ1) is 5.65. The van der Waals surface area contributed by atoms with Crippen LogP contribution in [-0.4, -0.2) is 30.1 Å². The number of carbonyl (C=O) groups is 3. The lowest BCUT2D eigenvalue weighted by atomic mass is 9.91. The Kier molecular flexibility index (Phi) is 1.23. The van der Waals surface area contributed by atoms with E-state index in [1.165, 1.54) is 0 Å². The summed E-state index contributed by atoms with van der Waals surface area (Å²) in [6, 6.07) is -0.786. The number of urea groups is 1. The van der Waals surface area contributed by atoms with E-state index in [2.05, 4.69) is 0 Å². The Hall–Kier alpha value is -1.43. The van der Waals surface area contributed by atoms with Gasteiger partial charge in [-0.3, -0.25) is 20.2 Å². The summed E-state index contributed by atoms with van der Waals surface area (Å²) in [4.78, 5) is 32.8. The fraction of sp³-hybridized carbons (Fsp3) is 0.500. The van der Waals surface area contributed by atoms with Gasteiger partial charge in [-0.2, -0.15) is 0 Å². The highest BCUT2D eigenvalue weighted by Crippen LogP contribution is 2.28.